The third-order valence-corrected chi connectivity index (χ3v) is 17.7. The molecule has 8 aromatic carbocycles. The topological polar surface area (TPSA) is 47.6 Å². The average Bonchev–Trinajstić information content (AvgIpc) is 3.99. The molecule has 6 nitrogen and oxygen atoms in total. The number of ether oxygens (including phenoxy) is 1. The summed E-state index contributed by atoms with van der Waals surface area (Å²) in [4.78, 5) is 12.4. The molecule has 0 radical (unpaired) electrons. The lowest BCUT2D eigenvalue weighted by Gasteiger charge is -2.45. The number of aromatic nitrogens is 4. The fourth-order valence-corrected chi connectivity index (χ4v) is 15.5. The Balaban J connectivity index is 1.08. The SMILES string of the molecule is c1ccc(N2c3ccccc3[Si](c3ccccc3)(c3ccccc3)c3ccc4c5cccnc5n(-c5cccc(Oc6ccc7c8ccccc8n8ccnc8c7c6)c5)c4c32)cc1. The van der Waals surface area contributed by atoms with Crippen LogP contribution in [0.4, 0.5) is 17.1 Å². The molecular formula is C56H37N5OSi. The fraction of sp³-hybridized carbons (Fsp3) is 0. The van der Waals surface area contributed by atoms with Crippen LogP contribution in [-0.4, -0.2) is 27.0 Å². The first-order valence-electron chi connectivity index (χ1n) is 21.3. The van der Waals surface area contributed by atoms with E-state index < -0.39 is 8.07 Å². The standard InChI is InChI=1S/C56H37N5OSi/c1-4-16-38(17-5-1)60-50-27-12-13-28-51(50)63(42-20-6-2-7-21-42,43-22-8-3-9-23-43)52-32-31-46-47-25-15-33-57-56(47)61(53(46)54(52)60)39-18-14-19-40(36-39)62-41-29-30-44-45-24-10-11-26-49(45)59-35-34-58-55(59)48(44)37-41/h1-37H. The smallest absolute Gasteiger partial charge is 0.184 e. The van der Waals surface area contributed by atoms with E-state index in [9.17, 15) is 0 Å². The van der Waals surface area contributed by atoms with E-state index in [-0.39, 0.29) is 0 Å². The molecule has 1 aliphatic rings. The highest BCUT2D eigenvalue weighted by Gasteiger charge is 2.49. The third-order valence-electron chi connectivity index (χ3n) is 12.9. The van der Waals surface area contributed by atoms with Crippen LogP contribution >= 0.6 is 0 Å². The van der Waals surface area contributed by atoms with Crippen molar-refractivity contribution in [2.24, 2.45) is 0 Å². The average molecular weight is 824 g/mol. The summed E-state index contributed by atoms with van der Waals surface area (Å²) in [5.74, 6) is 1.47. The van der Waals surface area contributed by atoms with Crippen LogP contribution in [0.15, 0.2) is 225 Å². The Morgan fingerprint density at radius 1 is 0.429 bits per heavy atom. The first-order valence-corrected chi connectivity index (χ1v) is 23.3. The Morgan fingerprint density at radius 2 is 1.10 bits per heavy atom. The van der Waals surface area contributed by atoms with Gasteiger partial charge in [0.25, 0.3) is 0 Å². The molecule has 0 fully saturated rings. The number of para-hydroxylation sites is 3. The lowest BCUT2D eigenvalue weighted by Crippen LogP contribution is -2.77. The Kier molecular flexibility index (Phi) is 7.82. The molecule has 12 aromatic rings. The Morgan fingerprint density at radius 3 is 1.92 bits per heavy atom. The number of fused-ring (bicyclic) bond motifs is 12. The van der Waals surface area contributed by atoms with Crippen LogP contribution in [0.3, 0.4) is 0 Å². The molecule has 0 aliphatic carbocycles. The molecule has 7 heteroatoms. The predicted molar refractivity (Wildman–Crippen MR) is 261 cm³/mol. The summed E-state index contributed by atoms with van der Waals surface area (Å²) in [7, 11) is -2.96. The van der Waals surface area contributed by atoms with Crippen molar-refractivity contribution in [3.63, 3.8) is 0 Å². The van der Waals surface area contributed by atoms with Crippen LogP contribution < -0.4 is 30.4 Å². The number of hydrogen-bond donors (Lipinski definition) is 0. The maximum absolute atomic E-state index is 6.81. The van der Waals surface area contributed by atoms with Gasteiger partial charge in [-0.2, -0.15) is 0 Å². The second-order valence-corrected chi connectivity index (χ2v) is 19.9. The van der Waals surface area contributed by atoms with Gasteiger partial charge < -0.3 is 9.64 Å². The molecule has 1 aliphatic heterocycles. The zero-order valence-electron chi connectivity index (χ0n) is 34.0. The second-order valence-electron chi connectivity index (χ2n) is 16.2. The highest BCUT2D eigenvalue weighted by molar-refractivity contribution is 7.21. The van der Waals surface area contributed by atoms with Crippen molar-refractivity contribution in [3.05, 3.63) is 225 Å². The molecule has 0 saturated heterocycles. The zero-order chi connectivity index (χ0) is 41.5. The van der Waals surface area contributed by atoms with Crippen LogP contribution in [0.25, 0.3) is 54.9 Å². The van der Waals surface area contributed by atoms with E-state index in [0.717, 1.165) is 72.4 Å². The minimum atomic E-state index is -2.96. The Hall–Kier alpha value is -8.26. The molecule has 296 valence electrons. The summed E-state index contributed by atoms with van der Waals surface area (Å²) < 4.78 is 11.3. The first-order chi connectivity index (χ1) is 31.3. The monoisotopic (exact) mass is 823 g/mol. The summed E-state index contributed by atoms with van der Waals surface area (Å²) in [5, 5.41) is 10.9. The van der Waals surface area contributed by atoms with Crippen molar-refractivity contribution in [2.45, 2.75) is 0 Å². The lowest BCUT2D eigenvalue weighted by atomic mass is 10.1. The molecular weight excluding hydrogens is 787 g/mol. The Labute approximate surface area is 364 Å². The minimum absolute atomic E-state index is 0.727. The van der Waals surface area contributed by atoms with E-state index in [1.807, 2.05) is 30.7 Å². The molecule has 0 bridgehead atoms. The minimum Gasteiger partial charge on any atom is -0.457 e. The highest BCUT2D eigenvalue weighted by Crippen LogP contribution is 2.45. The van der Waals surface area contributed by atoms with Gasteiger partial charge in [-0.1, -0.05) is 133 Å². The van der Waals surface area contributed by atoms with Gasteiger partial charge in [-0.25, -0.2) is 9.97 Å². The molecule has 0 amide bonds. The van der Waals surface area contributed by atoms with Gasteiger partial charge in [0.05, 0.1) is 22.4 Å². The van der Waals surface area contributed by atoms with Crippen molar-refractivity contribution in [1.82, 2.24) is 18.9 Å². The molecule has 0 atom stereocenters. The third kappa shape index (κ3) is 5.17. The van der Waals surface area contributed by atoms with Crippen LogP contribution in [0.2, 0.25) is 0 Å². The van der Waals surface area contributed by atoms with Crippen molar-refractivity contribution >= 4 is 95.1 Å². The quantitative estimate of drug-likeness (QED) is 0.124. The molecule has 63 heavy (non-hydrogen) atoms. The van der Waals surface area contributed by atoms with Gasteiger partial charge in [-0.3, -0.25) is 8.97 Å². The molecule has 0 spiro atoms. The van der Waals surface area contributed by atoms with Gasteiger partial charge in [0.15, 0.2) is 8.07 Å². The summed E-state index contributed by atoms with van der Waals surface area (Å²) in [6.45, 7) is 0. The van der Waals surface area contributed by atoms with Gasteiger partial charge in [-0.05, 0) is 92.9 Å². The van der Waals surface area contributed by atoms with Crippen LogP contribution in [0.5, 0.6) is 11.5 Å². The fourth-order valence-electron chi connectivity index (χ4n) is 10.4. The number of anilines is 3. The summed E-state index contributed by atoms with van der Waals surface area (Å²) in [5.41, 5.74) is 8.41. The van der Waals surface area contributed by atoms with Gasteiger partial charge in [-0.15, -0.1) is 0 Å². The lowest BCUT2D eigenvalue weighted by molar-refractivity contribution is 0.483. The predicted octanol–water partition coefficient (Wildman–Crippen LogP) is 11.1. The van der Waals surface area contributed by atoms with Gasteiger partial charge in [0.1, 0.15) is 22.8 Å². The van der Waals surface area contributed by atoms with Crippen molar-refractivity contribution < 1.29 is 4.74 Å². The number of hydrogen-bond acceptors (Lipinski definition) is 4. The van der Waals surface area contributed by atoms with E-state index in [1.54, 1.807) is 0 Å². The normalized spacial score (nSPS) is 13.2. The summed E-state index contributed by atoms with van der Waals surface area (Å²) in [6, 6.07) is 74.5. The van der Waals surface area contributed by atoms with Gasteiger partial charge in [0, 0.05) is 57.6 Å². The van der Waals surface area contributed by atoms with Crippen LogP contribution in [-0.2, 0) is 0 Å². The molecule has 13 rings (SSSR count). The highest BCUT2D eigenvalue weighted by atomic mass is 28.3. The maximum atomic E-state index is 6.81. The molecule has 4 aromatic heterocycles. The maximum Gasteiger partial charge on any atom is 0.184 e. The molecule has 0 unspecified atom stereocenters. The molecule has 0 N–H and O–H groups in total. The van der Waals surface area contributed by atoms with E-state index in [4.69, 9.17) is 14.7 Å². The number of imidazole rings is 1. The van der Waals surface area contributed by atoms with E-state index in [1.165, 1.54) is 31.8 Å². The number of benzene rings is 8. The van der Waals surface area contributed by atoms with Crippen molar-refractivity contribution in [1.29, 1.82) is 0 Å². The first kappa shape index (κ1) is 35.5. The number of pyridine rings is 2. The van der Waals surface area contributed by atoms with Crippen molar-refractivity contribution in [3.8, 4) is 17.2 Å². The zero-order valence-corrected chi connectivity index (χ0v) is 35.0. The van der Waals surface area contributed by atoms with Gasteiger partial charge in [0.2, 0.25) is 0 Å². The molecule has 5 heterocycles. The van der Waals surface area contributed by atoms with Crippen LogP contribution in [0, 0.1) is 0 Å². The summed E-state index contributed by atoms with van der Waals surface area (Å²) >= 11 is 0. The largest absolute Gasteiger partial charge is 0.457 e. The Bertz CT molecular complexity index is 3690. The number of nitrogens with zero attached hydrogens (tertiary/aromatic N) is 5. The second kappa shape index (κ2) is 13.9. The molecule has 0 saturated carbocycles. The van der Waals surface area contributed by atoms with Crippen LogP contribution in [0.1, 0.15) is 0 Å². The number of rotatable bonds is 6. The summed E-state index contributed by atoms with van der Waals surface area (Å²) in [6.07, 6.45) is 5.79. The van der Waals surface area contributed by atoms with E-state index in [0.29, 0.717) is 0 Å². The van der Waals surface area contributed by atoms with E-state index in [2.05, 4.69) is 208 Å². The van der Waals surface area contributed by atoms with Gasteiger partial charge >= 0.3 is 0 Å². The van der Waals surface area contributed by atoms with Crippen molar-refractivity contribution in [2.75, 3.05) is 4.90 Å². The van der Waals surface area contributed by atoms with E-state index >= 15 is 0 Å².